The Morgan fingerprint density at radius 2 is 1.97 bits per heavy atom. The van der Waals surface area contributed by atoms with Crippen molar-refractivity contribution >= 4 is 28.6 Å². The zero-order valence-electron chi connectivity index (χ0n) is 17.0. The molecule has 0 unspecified atom stereocenters. The minimum Gasteiger partial charge on any atom is -0.468 e. The third-order valence-electron chi connectivity index (χ3n) is 5.20. The Morgan fingerprint density at radius 3 is 2.68 bits per heavy atom. The molecule has 0 spiro atoms. The van der Waals surface area contributed by atoms with E-state index in [0.29, 0.717) is 18.2 Å². The fourth-order valence-electron chi connectivity index (χ4n) is 3.43. The van der Waals surface area contributed by atoms with Crippen LogP contribution in [0.4, 0.5) is 0 Å². The smallest absolute Gasteiger partial charge is 0.251 e. The van der Waals surface area contributed by atoms with E-state index in [0.717, 1.165) is 48.0 Å². The number of aromatic nitrogens is 1. The molecule has 3 heterocycles. The molecular weight excluding hydrogens is 426 g/mol. The van der Waals surface area contributed by atoms with Crippen molar-refractivity contribution in [2.75, 3.05) is 0 Å². The summed E-state index contributed by atoms with van der Waals surface area (Å²) < 4.78 is 5.59. The molecule has 0 saturated heterocycles. The van der Waals surface area contributed by atoms with Crippen molar-refractivity contribution in [3.05, 3.63) is 87.4 Å². The topological polar surface area (TPSA) is 58.4 Å². The Balaban J connectivity index is 1.28. The van der Waals surface area contributed by atoms with Gasteiger partial charge in [0.15, 0.2) is 0 Å². The number of hydrogen-bond donors (Lipinski definition) is 1. The summed E-state index contributed by atoms with van der Waals surface area (Å²) in [7, 11) is 0. The maximum Gasteiger partial charge on any atom is 0.251 e. The maximum absolute atomic E-state index is 12.2. The van der Waals surface area contributed by atoms with E-state index >= 15 is 0 Å². The van der Waals surface area contributed by atoms with Crippen molar-refractivity contribution in [3.63, 3.8) is 0 Å². The van der Waals surface area contributed by atoms with Gasteiger partial charge in [0.25, 0.3) is 5.91 Å². The van der Waals surface area contributed by atoms with Gasteiger partial charge in [-0.2, -0.15) is 11.3 Å². The average Bonchev–Trinajstić information content (AvgIpc) is 3.22. The molecule has 0 atom stereocenters. The number of carbonyl (C=O) groups excluding carboxylic acids is 1. The summed E-state index contributed by atoms with van der Waals surface area (Å²) in [6.07, 6.45) is 3.89. The number of nitrogens with one attached hydrogen (secondary N) is 1. The van der Waals surface area contributed by atoms with E-state index in [4.69, 9.17) is 9.40 Å². The van der Waals surface area contributed by atoms with Gasteiger partial charge in [0, 0.05) is 41.0 Å². The standard InChI is InChI=1S/C24H23N3O2S2/c28-23(25-20-7-8-20)18-5-3-17(4-6-18)12-27(14-22-2-1-10-29-22)13-21-16-31-24(26-21)19-9-11-30-15-19/h1-6,9-11,15-16,20H,7-8,12-14H2,(H,25,28). The molecule has 1 amide bonds. The zero-order valence-corrected chi connectivity index (χ0v) is 18.6. The molecule has 31 heavy (non-hydrogen) atoms. The Bertz CT molecular complexity index is 1110. The lowest BCUT2D eigenvalue weighted by atomic mass is 10.1. The minimum absolute atomic E-state index is 0.0184. The summed E-state index contributed by atoms with van der Waals surface area (Å²) >= 11 is 3.37. The highest BCUT2D eigenvalue weighted by Gasteiger charge is 2.23. The fourth-order valence-corrected chi connectivity index (χ4v) is 4.96. The lowest BCUT2D eigenvalue weighted by Crippen LogP contribution is -2.25. The van der Waals surface area contributed by atoms with Gasteiger partial charge in [-0.3, -0.25) is 9.69 Å². The first-order chi connectivity index (χ1) is 15.2. The van der Waals surface area contributed by atoms with Crippen LogP contribution in [0.3, 0.4) is 0 Å². The van der Waals surface area contributed by atoms with Crippen LogP contribution in [-0.4, -0.2) is 21.8 Å². The number of hydrogen-bond acceptors (Lipinski definition) is 6. The minimum atomic E-state index is 0.0184. The molecule has 0 aliphatic heterocycles. The molecule has 158 valence electrons. The number of amides is 1. The van der Waals surface area contributed by atoms with Gasteiger partial charge in [0.1, 0.15) is 10.8 Å². The van der Waals surface area contributed by atoms with E-state index in [1.807, 2.05) is 36.4 Å². The summed E-state index contributed by atoms with van der Waals surface area (Å²) in [4.78, 5) is 19.4. The van der Waals surface area contributed by atoms with Gasteiger partial charge >= 0.3 is 0 Å². The van der Waals surface area contributed by atoms with Crippen LogP contribution in [-0.2, 0) is 19.6 Å². The van der Waals surface area contributed by atoms with Crippen LogP contribution in [0.1, 0.15) is 40.2 Å². The number of thiazole rings is 1. The molecule has 1 saturated carbocycles. The van der Waals surface area contributed by atoms with Crippen molar-refractivity contribution in [2.24, 2.45) is 0 Å². The Kier molecular flexibility index (Phi) is 5.97. The third-order valence-corrected chi connectivity index (χ3v) is 6.82. The van der Waals surface area contributed by atoms with Crippen LogP contribution in [0.15, 0.2) is 69.3 Å². The Hall–Kier alpha value is -2.74. The van der Waals surface area contributed by atoms with Crippen molar-refractivity contribution in [1.29, 1.82) is 0 Å². The quantitative estimate of drug-likeness (QED) is 0.363. The summed E-state index contributed by atoms with van der Waals surface area (Å²) in [6, 6.07) is 14.3. The summed E-state index contributed by atoms with van der Waals surface area (Å²) in [5, 5.41) is 10.4. The molecule has 1 aliphatic carbocycles. The SMILES string of the molecule is O=C(NC1CC1)c1ccc(CN(Cc2csc(-c3ccsc3)n2)Cc2ccco2)cc1. The number of thiophene rings is 1. The summed E-state index contributed by atoms with van der Waals surface area (Å²) in [5.41, 5.74) is 4.10. The van der Waals surface area contributed by atoms with Gasteiger partial charge in [-0.05, 0) is 54.1 Å². The monoisotopic (exact) mass is 449 g/mol. The molecule has 0 bridgehead atoms. The Labute approximate surface area is 189 Å². The molecular formula is C24H23N3O2S2. The van der Waals surface area contributed by atoms with Gasteiger partial charge in [-0.1, -0.05) is 12.1 Å². The van der Waals surface area contributed by atoms with Crippen molar-refractivity contribution in [2.45, 2.75) is 38.5 Å². The molecule has 7 heteroatoms. The first-order valence-electron chi connectivity index (χ1n) is 10.3. The highest BCUT2D eigenvalue weighted by atomic mass is 32.1. The highest BCUT2D eigenvalue weighted by molar-refractivity contribution is 7.14. The average molecular weight is 450 g/mol. The normalized spacial score (nSPS) is 13.6. The van der Waals surface area contributed by atoms with Crippen LogP contribution < -0.4 is 5.32 Å². The number of carbonyl (C=O) groups is 1. The molecule has 0 radical (unpaired) electrons. The van der Waals surface area contributed by atoms with E-state index in [2.05, 4.69) is 32.4 Å². The van der Waals surface area contributed by atoms with Crippen LogP contribution >= 0.6 is 22.7 Å². The van der Waals surface area contributed by atoms with Gasteiger partial charge in [-0.25, -0.2) is 4.98 Å². The molecule has 1 fully saturated rings. The summed E-state index contributed by atoms with van der Waals surface area (Å²) in [5.74, 6) is 0.943. The molecule has 5 rings (SSSR count). The molecule has 1 aromatic carbocycles. The second-order valence-electron chi connectivity index (χ2n) is 7.83. The first-order valence-corrected chi connectivity index (χ1v) is 12.2. The van der Waals surface area contributed by atoms with Crippen LogP contribution in [0.2, 0.25) is 0 Å². The van der Waals surface area contributed by atoms with Crippen molar-refractivity contribution in [3.8, 4) is 10.6 Å². The molecule has 1 aliphatic rings. The number of furan rings is 1. The highest BCUT2D eigenvalue weighted by Crippen LogP contribution is 2.27. The molecule has 5 nitrogen and oxygen atoms in total. The predicted octanol–water partition coefficient (Wildman–Crippen LogP) is 5.56. The maximum atomic E-state index is 12.2. The van der Waals surface area contributed by atoms with Crippen LogP contribution in [0.5, 0.6) is 0 Å². The molecule has 3 aromatic heterocycles. The van der Waals surface area contributed by atoms with E-state index in [9.17, 15) is 4.79 Å². The van der Waals surface area contributed by atoms with Gasteiger partial charge < -0.3 is 9.73 Å². The number of benzene rings is 1. The van der Waals surface area contributed by atoms with Gasteiger partial charge in [0.2, 0.25) is 0 Å². The lowest BCUT2D eigenvalue weighted by molar-refractivity contribution is 0.0951. The number of rotatable bonds is 9. The fraction of sp³-hybridized carbons (Fsp3) is 0.250. The first kappa shape index (κ1) is 20.2. The van der Waals surface area contributed by atoms with Crippen LogP contribution in [0, 0.1) is 0 Å². The lowest BCUT2D eigenvalue weighted by Gasteiger charge is -2.20. The summed E-state index contributed by atoms with van der Waals surface area (Å²) in [6.45, 7) is 2.17. The van der Waals surface area contributed by atoms with E-state index < -0.39 is 0 Å². The molecule has 4 aromatic rings. The third kappa shape index (κ3) is 5.31. The number of nitrogens with zero attached hydrogens (tertiary/aromatic N) is 2. The van der Waals surface area contributed by atoms with E-state index in [-0.39, 0.29) is 5.91 Å². The van der Waals surface area contributed by atoms with Crippen molar-refractivity contribution < 1.29 is 9.21 Å². The van der Waals surface area contributed by atoms with Gasteiger partial charge in [-0.15, -0.1) is 11.3 Å². The largest absolute Gasteiger partial charge is 0.468 e. The second kappa shape index (κ2) is 9.18. The zero-order chi connectivity index (χ0) is 21.0. The molecule has 1 N–H and O–H groups in total. The van der Waals surface area contributed by atoms with Crippen LogP contribution in [0.25, 0.3) is 10.6 Å². The van der Waals surface area contributed by atoms with Gasteiger partial charge in [0.05, 0.1) is 18.5 Å². The predicted molar refractivity (Wildman–Crippen MR) is 124 cm³/mol. The second-order valence-corrected chi connectivity index (χ2v) is 9.46. The van der Waals surface area contributed by atoms with E-state index in [1.54, 1.807) is 28.9 Å². The van der Waals surface area contributed by atoms with Crippen molar-refractivity contribution in [1.82, 2.24) is 15.2 Å². The Morgan fingerprint density at radius 1 is 1.10 bits per heavy atom. The van der Waals surface area contributed by atoms with E-state index in [1.165, 1.54) is 5.56 Å².